The lowest BCUT2D eigenvalue weighted by molar-refractivity contribution is -0.385. The van der Waals surface area contributed by atoms with Crippen molar-refractivity contribution in [2.75, 3.05) is 18.1 Å². The van der Waals surface area contributed by atoms with E-state index in [9.17, 15) is 23.3 Å². The van der Waals surface area contributed by atoms with Crippen molar-refractivity contribution in [1.82, 2.24) is 4.90 Å². The smallest absolute Gasteiger partial charge is 0.310 e. The van der Waals surface area contributed by atoms with Gasteiger partial charge in [0.1, 0.15) is 11.5 Å². The fourth-order valence-electron chi connectivity index (χ4n) is 3.96. The van der Waals surface area contributed by atoms with Crippen molar-refractivity contribution < 1.29 is 27.3 Å². The summed E-state index contributed by atoms with van der Waals surface area (Å²) in [6.07, 6.45) is 1.41. The Kier molecular flexibility index (Phi) is 5.74. The maximum absolute atomic E-state index is 13.0. The summed E-state index contributed by atoms with van der Waals surface area (Å²) in [5.74, 6) is 1.88. The minimum Gasteiger partial charge on any atom is -0.477 e. The first-order chi connectivity index (χ1) is 14.7. The summed E-state index contributed by atoms with van der Waals surface area (Å²) in [6.45, 7) is 1.83. The lowest BCUT2D eigenvalue weighted by atomic mass is 10.2. The Morgan fingerprint density at radius 2 is 2.03 bits per heavy atom. The van der Waals surface area contributed by atoms with Gasteiger partial charge < -0.3 is 14.1 Å². The van der Waals surface area contributed by atoms with E-state index in [-0.39, 0.29) is 29.5 Å². The molecular formula is C21H24N2O7S. The SMILES string of the molecule is CC1CC1c1ccc(CN(C(=O)COc2ccccc2[N+](=O)[O-])C2CCS(=O)(=O)C2)o1. The molecule has 2 aliphatic rings. The number of amides is 1. The van der Waals surface area contributed by atoms with Gasteiger partial charge in [-0.1, -0.05) is 19.1 Å². The molecule has 1 aliphatic carbocycles. The van der Waals surface area contributed by atoms with Gasteiger partial charge in [0.05, 0.1) is 23.0 Å². The van der Waals surface area contributed by atoms with E-state index < -0.39 is 33.3 Å². The zero-order chi connectivity index (χ0) is 22.2. The average molecular weight is 448 g/mol. The monoisotopic (exact) mass is 448 g/mol. The molecule has 0 N–H and O–H groups in total. The van der Waals surface area contributed by atoms with Crippen LogP contribution in [0.4, 0.5) is 5.69 Å². The van der Waals surface area contributed by atoms with Crippen LogP contribution in [0.2, 0.25) is 0 Å². The van der Waals surface area contributed by atoms with Crippen LogP contribution in [-0.2, 0) is 21.2 Å². The molecule has 31 heavy (non-hydrogen) atoms. The first-order valence-corrected chi connectivity index (χ1v) is 12.0. The molecular weight excluding hydrogens is 424 g/mol. The van der Waals surface area contributed by atoms with Crippen molar-refractivity contribution in [2.45, 2.75) is 38.3 Å². The normalized spacial score (nSPS) is 24.0. The molecule has 1 aromatic heterocycles. The Morgan fingerprint density at radius 3 is 2.68 bits per heavy atom. The summed E-state index contributed by atoms with van der Waals surface area (Å²) in [5.41, 5.74) is -0.237. The van der Waals surface area contributed by atoms with Crippen LogP contribution in [0.3, 0.4) is 0 Å². The number of hydrogen-bond acceptors (Lipinski definition) is 7. The van der Waals surface area contributed by atoms with Gasteiger partial charge in [-0.2, -0.15) is 0 Å². The second kappa shape index (κ2) is 8.33. The Morgan fingerprint density at radius 1 is 1.29 bits per heavy atom. The molecule has 9 nitrogen and oxygen atoms in total. The Labute approximate surface area is 180 Å². The highest BCUT2D eigenvalue weighted by atomic mass is 32.2. The highest BCUT2D eigenvalue weighted by Gasteiger charge is 2.38. The van der Waals surface area contributed by atoms with Crippen LogP contribution in [0.1, 0.15) is 37.2 Å². The lowest BCUT2D eigenvalue weighted by Gasteiger charge is -2.27. The predicted molar refractivity (Wildman–Crippen MR) is 111 cm³/mol. The first-order valence-electron chi connectivity index (χ1n) is 10.2. The lowest BCUT2D eigenvalue weighted by Crippen LogP contribution is -2.43. The summed E-state index contributed by atoms with van der Waals surface area (Å²) in [4.78, 5) is 25.0. The Balaban J connectivity index is 1.49. The molecule has 10 heteroatoms. The third kappa shape index (κ3) is 4.90. The molecule has 3 unspecified atom stereocenters. The molecule has 0 spiro atoms. The van der Waals surface area contributed by atoms with E-state index in [0.29, 0.717) is 24.0 Å². The number of sulfone groups is 1. The summed E-state index contributed by atoms with van der Waals surface area (Å²) < 4.78 is 35.3. The number of benzene rings is 1. The van der Waals surface area contributed by atoms with Gasteiger partial charge >= 0.3 is 5.69 Å². The summed E-state index contributed by atoms with van der Waals surface area (Å²) >= 11 is 0. The number of nitrogens with zero attached hydrogens (tertiary/aromatic N) is 2. The topological polar surface area (TPSA) is 120 Å². The Bertz CT molecular complexity index is 1090. The molecule has 1 amide bonds. The minimum atomic E-state index is -3.21. The number of hydrogen-bond donors (Lipinski definition) is 0. The summed E-state index contributed by atoms with van der Waals surface area (Å²) in [7, 11) is -3.21. The van der Waals surface area contributed by atoms with E-state index in [1.54, 1.807) is 6.07 Å². The van der Waals surface area contributed by atoms with Gasteiger partial charge in [-0.25, -0.2) is 8.42 Å². The average Bonchev–Trinajstić information content (AvgIpc) is 3.11. The molecule has 1 aromatic carbocycles. The third-order valence-electron chi connectivity index (χ3n) is 5.87. The van der Waals surface area contributed by atoms with Gasteiger partial charge in [0.2, 0.25) is 0 Å². The van der Waals surface area contributed by atoms with Crippen LogP contribution in [0.25, 0.3) is 0 Å². The molecule has 0 bridgehead atoms. The van der Waals surface area contributed by atoms with Gasteiger partial charge in [-0.3, -0.25) is 14.9 Å². The molecule has 3 atom stereocenters. The van der Waals surface area contributed by atoms with Crippen LogP contribution in [0.5, 0.6) is 5.75 Å². The van der Waals surface area contributed by atoms with E-state index in [1.165, 1.54) is 23.1 Å². The zero-order valence-electron chi connectivity index (χ0n) is 17.1. The number of nitro groups is 1. The maximum atomic E-state index is 13.0. The third-order valence-corrected chi connectivity index (χ3v) is 7.62. The quantitative estimate of drug-likeness (QED) is 0.450. The van der Waals surface area contributed by atoms with E-state index in [1.807, 2.05) is 12.1 Å². The molecule has 2 fully saturated rings. The molecule has 4 rings (SSSR count). The van der Waals surface area contributed by atoms with Crippen molar-refractivity contribution in [3.8, 4) is 5.75 Å². The van der Waals surface area contributed by atoms with Crippen LogP contribution < -0.4 is 4.74 Å². The van der Waals surface area contributed by atoms with Gasteiger partial charge in [0.15, 0.2) is 22.2 Å². The first kappa shape index (κ1) is 21.4. The fourth-order valence-corrected chi connectivity index (χ4v) is 5.69. The number of rotatable bonds is 8. The van der Waals surface area contributed by atoms with Crippen LogP contribution in [0.15, 0.2) is 40.8 Å². The van der Waals surface area contributed by atoms with Gasteiger partial charge in [0.25, 0.3) is 5.91 Å². The van der Waals surface area contributed by atoms with Crippen molar-refractivity contribution in [3.05, 3.63) is 58.0 Å². The van der Waals surface area contributed by atoms with Gasteiger partial charge in [-0.15, -0.1) is 0 Å². The highest BCUT2D eigenvalue weighted by Crippen LogP contribution is 2.47. The molecule has 2 aromatic rings. The minimum absolute atomic E-state index is 0.0113. The van der Waals surface area contributed by atoms with Gasteiger partial charge in [0, 0.05) is 18.0 Å². The number of carbonyl (C=O) groups is 1. The van der Waals surface area contributed by atoms with Gasteiger partial charge in [-0.05, 0) is 37.0 Å². The summed E-state index contributed by atoms with van der Waals surface area (Å²) in [5, 5.41) is 11.2. The molecule has 0 radical (unpaired) electrons. The van der Waals surface area contributed by atoms with Crippen LogP contribution in [0, 0.1) is 16.0 Å². The van der Waals surface area contributed by atoms with E-state index >= 15 is 0 Å². The standard InChI is InChI=1S/C21H24N2O7S/c1-14-10-17(14)19-7-6-16(30-19)11-22(15-8-9-31(27,28)13-15)21(24)12-29-20-5-3-2-4-18(20)23(25)26/h2-7,14-15,17H,8-13H2,1H3. The van der Waals surface area contributed by atoms with E-state index in [0.717, 1.165) is 12.2 Å². The molecule has 2 heterocycles. The van der Waals surface area contributed by atoms with E-state index in [4.69, 9.17) is 9.15 Å². The van der Waals surface area contributed by atoms with Crippen molar-refractivity contribution in [1.29, 1.82) is 0 Å². The Hall–Kier alpha value is -2.88. The number of ether oxygens (including phenoxy) is 1. The zero-order valence-corrected chi connectivity index (χ0v) is 17.9. The number of carbonyl (C=O) groups excluding carboxylic acids is 1. The van der Waals surface area contributed by atoms with Crippen LogP contribution >= 0.6 is 0 Å². The van der Waals surface area contributed by atoms with Crippen molar-refractivity contribution in [3.63, 3.8) is 0 Å². The van der Waals surface area contributed by atoms with E-state index in [2.05, 4.69) is 6.92 Å². The largest absolute Gasteiger partial charge is 0.477 e. The van der Waals surface area contributed by atoms with Crippen LogP contribution in [-0.4, -0.2) is 48.3 Å². The predicted octanol–water partition coefficient (Wildman–Crippen LogP) is 2.91. The number of para-hydroxylation sites is 2. The number of nitro benzene ring substituents is 1. The number of furan rings is 1. The second-order valence-electron chi connectivity index (χ2n) is 8.22. The fraction of sp³-hybridized carbons (Fsp3) is 0.476. The molecule has 166 valence electrons. The molecule has 1 saturated carbocycles. The highest BCUT2D eigenvalue weighted by molar-refractivity contribution is 7.91. The second-order valence-corrected chi connectivity index (χ2v) is 10.4. The molecule has 1 saturated heterocycles. The maximum Gasteiger partial charge on any atom is 0.310 e. The summed E-state index contributed by atoms with van der Waals surface area (Å²) in [6, 6.07) is 9.04. The van der Waals surface area contributed by atoms with Crippen molar-refractivity contribution in [2.24, 2.45) is 5.92 Å². The molecule has 1 aliphatic heterocycles. The van der Waals surface area contributed by atoms with Crippen molar-refractivity contribution >= 4 is 21.4 Å².